The molecular weight excluding hydrogens is 418 g/mol. The van der Waals surface area contributed by atoms with Gasteiger partial charge < -0.3 is 9.88 Å². The van der Waals surface area contributed by atoms with Crippen LogP contribution in [0.25, 0.3) is 0 Å². The number of nitrogens with zero attached hydrogens (tertiary/aromatic N) is 2. The van der Waals surface area contributed by atoms with Gasteiger partial charge in [0, 0.05) is 30.8 Å². The lowest BCUT2D eigenvalue weighted by Gasteiger charge is -2.16. The fourth-order valence-corrected chi connectivity index (χ4v) is 5.37. The maximum Gasteiger partial charge on any atom is 0.268 e. The molecule has 1 saturated heterocycles. The summed E-state index contributed by atoms with van der Waals surface area (Å²) in [6, 6.07) is 8.91. The van der Waals surface area contributed by atoms with Crippen molar-refractivity contribution in [2.24, 2.45) is 7.05 Å². The Hall–Kier alpha value is -1.64. The van der Waals surface area contributed by atoms with Crippen molar-refractivity contribution in [1.29, 1.82) is 0 Å². The van der Waals surface area contributed by atoms with E-state index in [0.717, 1.165) is 22.9 Å². The predicted octanol–water partition coefficient (Wildman–Crippen LogP) is 3.06. The first-order valence-electron chi connectivity index (χ1n) is 8.52. The summed E-state index contributed by atoms with van der Waals surface area (Å²) in [5.74, 6) is -0.307. The topological polar surface area (TPSA) is 71.4 Å². The summed E-state index contributed by atoms with van der Waals surface area (Å²) in [7, 11) is -1.85. The molecule has 140 valence electrons. The molecule has 1 aliphatic rings. The minimum atomic E-state index is -3.54. The second-order valence-corrected chi connectivity index (χ2v) is 9.29. The minimum Gasteiger partial charge on any atom is -0.345 e. The standard InChI is InChI=1S/C18H22BrN3O3S/c1-13(15-7-3-4-8-16(15)19)20-18(23)17-11-14(12-21(17)2)26(24,25)22-9-5-6-10-22/h3-4,7-8,11-13H,5-6,9-10H2,1-2H3,(H,20,23). The van der Waals surface area contributed by atoms with Gasteiger partial charge in [-0.3, -0.25) is 4.79 Å². The number of carbonyl (C=O) groups is 1. The highest BCUT2D eigenvalue weighted by atomic mass is 79.9. The molecular formula is C18H22BrN3O3S. The molecule has 8 heteroatoms. The van der Waals surface area contributed by atoms with Gasteiger partial charge in [-0.05, 0) is 37.5 Å². The molecule has 2 aromatic rings. The quantitative estimate of drug-likeness (QED) is 0.777. The Kier molecular flexibility index (Phi) is 5.55. The SMILES string of the molecule is CC(NC(=O)c1cc(S(=O)(=O)N2CCCC2)cn1C)c1ccccc1Br. The van der Waals surface area contributed by atoms with Crippen molar-refractivity contribution in [3.63, 3.8) is 0 Å². The zero-order valence-electron chi connectivity index (χ0n) is 14.8. The zero-order chi connectivity index (χ0) is 18.9. The van der Waals surface area contributed by atoms with Crippen molar-refractivity contribution in [1.82, 2.24) is 14.2 Å². The van der Waals surface area contributed by atoms with Gasteiger partial charge in [-0.25, -0.2) is 8.42 Å². The highest BCUT2D eigenvalue weighted by Crippen LogP contribution is 2.25. The van der Waals surface area contributed by atoms with Crippen LogP contribution in [0.4, 0.5) is 0 Å². The number of hydrogen-bond acceptors (Lipinski definition) is 3. The molecule has 1 N–H and O–H groups in total. The van der Waals surface area contributed by atoms with Crippen LogP contribution >= 0.6 is 15.9 Å². The molecule has 1 atom stereocenters. The second-order valence-electron chi connectivity index (χ2n) is 6.50. The summed E-state index contributed by atoms with van der Waals surface area (Å²) in [5, 5.41) is 2.93. The van der Waals surface area contributed by atoms with Crippen LogP contribution in [0.5, 0.6) is 0 Å². The van der Waals surface area contributed by atoms with Gasteiger partial charge in [-0.2, -0.15) is 4.31 Å². The Morgan fingerprint density at radius 1 is 1.23 bits per heavy atom. The second kappa shape index (κ2) is 7.54. The van der Waals surface area contributed by atoms with Crippen molar-refractivity contribution in [3.05, 3.63) is 52.3 Å². The third-order valence-corrected chi connectivity index (χ3v) is 7.22. The molecule has 0 aliphatic carbocycles. The van der Waals surface area contributed by atoms with E-state index in [1.54, 1.807) is 11.6 Å². The highest BCUT2D eigenvalue weighted by molar-refractivity contribution is 9.10. The normalized spacial score (nSPS) is 16.6. The van der Waals surface area contributed by atoms with E-state index in [2.05, 4.69) is 21.2 Å². The minimum absolute atomic E-state index is 0.167. The molecule has 0 saturated carbocycles. The first-order chi connectivity index (χ1) is 12.3. The van der Waals surface area contributed by atoms with Gasteiger partial charge in [0.1, 0.15) is 10.6 Å². The van der Waals surface area contributed by atoms with E-state index in [1.165, 1.54) is 16.6 Å². The lowest BCUT2D eigenvalue weighted by molar-refractivity contribution is 0.0931. The van der Waals surface area contributed by atoms with E-state index in [1.807, 2.05) is 31.2 Å². The van der Waals surface area contributed by atoms with E-state index in [4.69, 9.17) is 0 Å². The van der Waals surface area contributed by atoms with Gasteiger partial charge in [0.2, 0.25) is 10.0 Å². The Bertz CT molecular complexity index is 918. The molecule has 0 radical (unpaired) electrons. The molecule has 1 amide bonds. The fourth-order valence-electron chi connectivity index (χ4n) is 3.15. The van der Waals surface area contributed by atoms with E-state index in [0.29, 0.717) is 18.8 Å². The predicted molar refractivity (Wildman–Crippen MR) is 103 cm³/mol. The summed E-state index contributed by atoms with van der Waals surface area (Å²) < 4.78 is 29.3. The van der Waals surface area contributed by atoms with Crippen LogP contribution < -0.4 is 5.32 Å². The largest absolute Gasteiger partial charge is 0.345 e. The van der Waals surface area contributed by atoms with E-state index >= 15 is 0 Å². The Morgan fingerprint density at radius 2 is 1.88 bits per heavy atom. The number of hydrogen-bond donors (Lipinski definition) is 1. The number of aryl methyl sites for hydroxylation is 1. The molecule has 0 bridgehead atoms. The van der Waals surface area contributed by atoms with Gasteiger partial charge in [0.25, 0.3) is 5.91 Å². The zero-order valence-corrected chi connectivity index (χ0v) is 17.2. The van der Waals surface area contributed by atoms with Crippen molar-refractivity contribution in [3.8, 4) is 0 Å². The molecule has 1 fully saturated rings. The van der Waals surface area contributed by atoms with Crippen molar-refractivity contribution in [2.45, 2.75) is 30.7 Å². The number of benzene rings is 1. The summed E-state index contributed by atoms with van der Waals surface area (Å²) in [6.45, 7) is 2.97. The molecule has 1 unspecified atom stereocenters. The van der Waals surface area contributed by atoms with E-state index in [9.17, 15) is 13.2 Å². The molecule has 26 heavy (non-hydrogen) atoms. The molecule has 3 rings (SSSR count). The molecule has 0 spiro atoms. The van der Waals surface area contributed by atoms with Crippen molar-refractivity contribution >= 4 is 31.9 Å². The summed E-state index contributed by atoms with van der Waals surface area (Å²) in [6.07, 6.45) is 3.26. The third-order valence-electron chi connectivity index (χ3n) is 4.63. The average Bonchev–Trinajstić information content (AvgIpc) is 3.25. The van der Waals surface area contributed by atoms with Crippen LogP contribution in [-0.4, -0.2) is 36.3 Å². The first-order valence-corrected chi connectivity index (χ1v) is 10.8. The molecule has 1 aromatic carbocycles. The van der Waals surface area contributed by atoms with Crippen molar-refractivity contribution in [2.75, 3.05) is 13.1 Å². The van der Waals surface area contributed by atoms with Crippen LogP contribution in [0.2, 0.25) is 0 Å². The number of carbonyl (C=O) groups excluding carboxylic acids is 1. The van der Waals surface area contributed by atoms with Crippen LogP contribution in [0, 0.1) is 0 Å². The van der Waals surface area contributed by atoms with Crippen LogP contribution in [0.1, 0.15) is 41.9 Å². The monoisotopic (exact) mass is 439 g/mol. The van der Waals surface area contributed by atoms with E-state index < -0.39 is 10.0 Å². The van der Waals surface area contributed by atoms with E-state index in [-0.39, 0.29) is 16.8 Å². The fraction of sp³-hybridized carbons (Fsp3) is 0.389. The first kappa shape index (κ1) is 19.1. The number of aromatic nitrogens is 1. The summed E-state index contributed by atoms with van der Waals surface area (Å²) in [4.78, 5) is 12.8. The Balaban J connectivity index is 1.80. The van der Waals surface area contributed by atoms with Crippen LogP contribution in [0.15, 0.2) is 45.9 Å². The van der Waals surface area contributed by atoms with Crippen LogP contribution in [-0.2, 0) is 17.1 Å². The maximum atomic E-state index is 12.7. The van der Waals surface area contributed by atoms with Gasteiger partial charge in [0.15, 0.2) is 0 Å². The van der Waals surface area contributed by atoms with Gasteiger partial charge in [0.05, 0.1) is 6.04 Å². The van der Waals surface area contributed by atoms with Crippen molar-refractivity contribution < 1.29 is 13.2 Å². The van der Waals surface area contributed by atoms with Gasteiger partial charge in [-0.1, -0.05) is 34.1 Å². The van der Waals surface area contributed by atoms with Crippen LogP contribution in [0.3, 0.4) is 0 Å². The van der Waals surface area contributed by atoms with Gasteiger partial charge >= 0.3 is 0 Å². The number of rotatable bonds is 5. The lowest BCUT2D eigenvalue weighted by atomic mass is 10.1. The number of amides is 1. The van der Waals surface area contributed by atoms with Gasteiger partial charge in [-0.15, -0.1) is 0 Å². The highest BCUT2D eigenvalue weighted by Gasteiger charge is 2.29. The summed E-state index contributed by atoms with van der Waals surface area (Å²) >= 11 is 3.48. The number of nitrogens with one attached hydrogen (secondary N) is 1. The molecule has 1 aliphatic heterocycles. The average molecular weight is 440 g/mol. The maximum absolute atomic E-state index is 12.7. The lowest BCUT2D eigenvalue weighted by Crippen LogP contribution is -2.28. The molecule has 1 aromatic heterocycles. The smallest absolute Gasteiger partial charge is 0.268 e. The number of halogens is 1. The third kappa shape index (κ3) is 3.72. The molecule has 6 nitrogen and oxygen atoms in total. The Labute approximate surface area is 162 Å². The Morgan fingerprint density at radius 3 is 2.54 bits per heavy atom. The summed E-state index contributed by atoms with van der Waals surface area (Å²) in [5.41, 5.74) is 1.28. The number of sulfonamides is 1. The molecule has 2 heterocycles.